The minimum absolute atomic E-state index is 0.101. The van der Waals surface area contributed by atoms with Crippen LogP contribution in [0.5, 0.6) is 0 Å². The van der Waals surface area contributed by atoms with Gasteiger partial charge in [-0.2, -0.15) is 4.31 Å². The molecule has 0 bridgehead atoms. The summed E-state index contributed by atoms with van der Waals surface area (Å²) in [4.78, 5) is 24.2. The number of sulfonamides is 1. The van der Waals surface area contributed by atoms with Crippen LogP contribution in [0, 0.1) is 5.82 Å². The van der Waals surface area contributed by atoms with E-state index in [4.69, 9.17) is 11.6 Å². The third kappa shape index (κ3) is 4.46. The molecule has 1 aromatic carbocycles. The summed E-state index contributed by atoms with van der Waals surface area (Å²) in [5, 5.41) is 0.361. The van der Waals surface area contributed by atoms with E-state index in [0.717, 1.165) is 11.3 Å². The standard InChI is InChI=1S/C22H18ClFN4O3S3/c23-19-8-9-20(33-19)34(30,31)28-11-3-5-17(28)21(29)27(13-15-4-1-2-10-25-15)22-26-16-7-6-14(24)12-18(16)32-22/h1-2,4,6-10,12,17H,3,5,11,13H2/t17-/m0/s1. The van der Waals surface area contributed by atoms with Crippen LogP contribution in [0.3, 0.4) is 0 Å². The Kier molecular flexibility index (Phi) is 6.38. The Bertz CT molecular complexity index is 1460. The Morgan fingerprint density at radius 3 is 2.79 bits per heavy atom. The van der Waals surface area contributed by atoms with Gasteiger partial charge in [-0.25, -0.2) is 17.8 Å². The molecule has 3 aromatic heterocycles. The number of hydrogen-bond acceptors (Lipinski definition) is 7. The summed E-state index contributed by atoms with van der Waals surface area (Å²) >= 11 is 8.10. The molecule has 176 valence electrons. The Morgan fingerprint density at radius 1 is 1.21 bits per heavy atom. The number of thiophene rings is 1. The van der Waals surface area contributed by atoms with Crippen LogP contribution in [0.1, 0.15) is 18.5 Å². The molecule has 0 aliphatic carbocycles. The molecule has 0 radical (unpaired) electrons. The summed E-state index contributed by atoms with van der Waals surface area (Å²) in [6.45, 7) is 0.341. The maximum absolute atomic E-state index is 13.8. The Morgan fingerprint density at radius 2 is 2.06 bits per heavy atom. The summed E-state index contributed by atoms with van der Waals surface area (Å²) in [5.74, 6) is -0.790. The topological polar surface area (TPSA) is 83.5 Å². The minimum atomic E-state index is -3.89. The maximum atomic E-state index is 13.8. The summed E-state index contributed by atoms with van der Waals surface area (Å²) < 4.78 is 42.6. The van der Waals surface area contributed by atoms with Crippen molar-refractivity contribution < 1.29 is 17.6 Å². The number of fused-ring (bicyclic) bond motifs is 1. The summed E-state index contributed by atoms with van der Waals surface area (Å²) in [6, 6.07) is 11.7. The quantitative estimate of drug-likeness (QED) is 0.349. The van der Waals surface area contributed by atoms with Crippen molar-refractivity contribution in [1.82, 2.24) is 14.3 Å². The molecule has 0 unspecified atom stereocenters. The zero-order chi connectivity index (χ0) is 23.9. The fourth-order valence-corrected chi connectivity index (χ4v) is 8.16. The number of aromatic nitrogens is 2. The highest BCUT2D eigenvalue weighted by molar-refractivity contribution is 7.91. The molecule has 0 spiro atoms. The van der Waals surface area contributed by atoms with Gasteiger partial charge in [-0.3, -0.25) is 14.7 Å². The summed E-state index contributed by atoms with van der Waals surface area (Å²) in [6.07, 6.45) is 2.56. The molecule has 12 heteroatoms. The van der Waals surface area contributed by atoms with Gasteiger partial charge < -0.3 is 0 Å². The molecule has 5 rings (SSSR count). The highest BCUT2D eigenvalue weighted by Crippen LogP contribution is 2.35. The Hall–Kier alpha value is -2.44. The molecular weight excluding hydrogens is 519 g/mol. The van der Waals surface area contributed by atoms with E-state index < -0.39 is 27.8 Å². The minimum Gasteiger partial charge on any atom is -0.281 e. The van der Waals surface area contributed by atoms with E-state index in [0.29, 0.717) is 38.2 Å². The number of carbonyl (C=O) groups is 1. The van der Waals surface area contributed by atoms with Crippen LogP contribution in [-0.4, -0.2) is 41.2 Å². The fourth-order valence-electron chi connectivity index (χ4n) is 3.90. The Labute approximate surface area is 208 Å². The third-order valence-electron chi connectivity index (χ3n) is 5.48. The van der Waals surface area contributed by atoms with Crippen molar-refractivity contribution in [3.63, 3.8) is 0 Å². The molecule has 1 aliphatic rings. The van der Waals surface area contributed by atoms with E-state index in [1.807, 2.05) is 6.07 Å². The van der Waals surface area contributed by atoms with Gasteiger partial charge in [0.05, 0.1) is 26.8 Å². The molecule has 1 atom stereocenters. The van der Waals surface area contributed by atoms with Gasteiger partial charge in [0.2, 0.25) is 5.91 Å². The van der Waals surface area contributed by atoms with Crippen molar-refractivity contribution in [3.05, 3.63) is 70.6 Å². The number of thiazole rings is 1. The molecule has 4 heterocycles. The lowest BCUT2D eigenvalue weighted by Crippen LogP contribution is -2.47. The molecule has 1 fully saturated rings. The molecular formula is C22H18ClFN4O3S3. The van der Waals surface area contributed by atoms with Crippen molar-refractivity contribution >= 4 is 65.6 Å². The normalized spacial score (nSPS) is 16.8. The fraction of sp³-hybridized carbons (Fsp3) is 0.227. The van der Waals surface area contributed by atoms with Crippen LogP contribution in [0.25, 0.3) is 10.2 Å². The Balaban J connectivity index is 1.52. The van der Waals surface area contributed by atoms with Crippen molar-refractivity contribution in [2.75, 3.05) is 11.4 Å². The van der Waals surface area contributed by atoms with E-state index in [2.05, 4.69) is 9.97 Å². The van der Waals surface area contributed by atoms with Crippen LogP contribution >= 0.6 is 34.3 Å². The average molecular weight is 537 g/mol. The smallest absolute Gasteiger partial charge is 0.253 e. The van der Waals surface area contributed by atoms with Gasteiger partial charge in [0, 0.05) is 12.7 Å². The second-order valence-corrected chi connectivity index (χ2v) is 12.5. The first-order valence-corrected chi connectivity index (χ1v) is 13.8. The first kappa shape index (κ1) is 23.3. The lowest BCUT2D eigenvalue weighted by atomic mass is 10.2. The number of benzene rings is 1. The number of halogens is 2. The van der Waals surface area contributed by atoms with Gasteiger partial charge >= 0.3 is 0 Å². The van der Waals surface area contributed by atoms with Crippen molar-refractivity contribution in [3.8, 4) is 0 Å². The zero-order valence-corrected chi connectivity index (χ0v) is 20.8. The lowest BCUT2D eigenvalue weighted by molar-refractivity contribution is -0.121. The number of amides is 1. The molecule has 7 nitrogen and oxygen atoms in total. The molecule has 34 heavy (non-hydrogen) atoms. The molecule has 0 N–H and O–H groups in total. The van der Waals surface area contributed by atoms with Gasteiger partial charge in [0.1, 0.15) is 16.1 Å². The molecule has 4 aromatic rings. The predicted octanol–water partition coefficient (Wildman–Crippen LogP) is 4.93. The number of carbonyl (C=O) groups excluding carboxylic acids is 1. The number of rotatable bonds is 6. The summed E-state index contributed by atoms with van der Waals surface area (Å²) in [5.41, 5.74) is 1.18. The molecule has 0 saturated carbocycles. The predicted molar refractivity (Wildman–Crippen MR) is 131 cm³/mol. The lowest BCUT2D eigenvalue weighted by Gasteiger charge is -2.28. The first-order chi connectivity index (χ1) is 16.3. The van der Waals surface area contributed by atoms with Crippen LogP contribution < -0.4 is 4.90 Å². The first-order valence-electron chi connectivity index (χ1n) is 10.4. The SMILES string of the molecule is O=C([C@@H]1CCCN1S(=O)(=O)c1ccc(Cl)s1)N(Cc1ccccn1)c1nc2ccc(F)cc2s1. The average Bonchev–Trinajstić information content (AvgIpc) is 3.57. The number of hydrogen-bond donors (Lipinski definition) is 0. The molecule has 1 saturated heterocycles. The van der Waals surface area contributed by atoms with Gasteiger partial charge in [0.25, 0.3) is 10.0 Å². The van der Waals surface area contributed by atoms with E-state index in [9.17, 15) is 17.6 Å². The van der Waals surface area contributed by atoms with Crippen molar-refractivity contribution in [1.29, 1.82) is 0 Å². The monoisotopic (exact) mass is 536 g/mol. The van der Waals surface area contributed by atoms with E-state index in [-0.39, 0.29) is 17.3 Å². The number of nitrogens with zero attached hydrogens (tertiary/aromatic N) is 4. The number of pyridine rings is 1. The second-order valence-electron chi connectivity index (χ2n) is 7.69. The summed E-state index contributed by atoms with van der Waals surface area (Å²) in [7, 11) is -3.89. The van der Waals surface area contributed by atoms with Crippen LogP contribution in [0.2, 0.25) is 4.34 Å². The van der Waals surface area contributed by atoms with Crippen molar-refractivity contribution in [2.24, 2.45) is 0 Å². The highest BCUT2D eigenvalue weighted by Gasteiger charge is 2.42. The van der Waals surface area contributed by atoms with E-state index >= 15 is 0 Å². The van der Waals surface area contributed by atoms with Gasteiger partial charge in [-0.1, -0.05) is 29.0 Å². The van der Waals surface area contributed by atoms with E-state index in [1.165, 1.54) is 44.8 Å². The largest absolute Gasteiger partial charge is 0.281 e. The van der Waals surface area contributed by atoms with Crippen LogP contribution in [0.15, 0.2) is 58.9 Å². The van der Waals surface area contributed by atoms with Crippen molar-refractivity contribution in [2.45, 2.75) is 29.6 Å². The maximum Gasteiger partial charge on any atom is 0.253 e. The van der Waals surface area contributed by atoms with Crippen LogP contribution in [-0.2, 0) is 21.4 Å². The van der Waals surface area contributed by atoms with Crippen LogP contribution in [0.4, 0.5) is 9.52 Å². The van der Waals surface area contributed by atoms with E-state index in [1.54, 1.807) is 24.4 Å². The molecule has 1 aliphatic heterocycles. The second kappa shape index (κ2) is 9.31. The highest BCUT2D eigenvalue weighted by atomic mass is 35.5. The van der Waals surface area contributed by atoms with Gasteiger partial charge in [-0.15, -0.1) is 11.3 Å². The van der Waals surface area contributed by atoms with Gasteiger partial charge in [0.15, 0.2) is 5.13 Å². The number of anilines is 1. The van der Waals surface area contributed by atoms with Gasteiger partial charge in [-0.05, 0) is 55.3 Å². The molecule has 1 amide bonds. The third-order valence-corrected chi connectivity index (χ3v) is 10.1. The zero-order valence-electron chi connectivity index (χ0n) is 17.6.